The Hall–Kier alpha value is -1.22. The Morgan fingerprint density at radius 3 is 2.94 bits per heavy atom. The molecule has 2 N–H and O–H groups in total. The number of rotatable bonds is 4. The van der Waals surface area contributed by atoms with Gasteiger partial charge in [-0.25, -0.2) is 0 Å². The fourth-order valence-electron chi connectivity index (χ4n) is 2.67. The number of nitrogens with zero attached hydrogens (tertiary/aromatic N) is 1. The summed E-state index contributed by atoms with van der Waals surface area (Å²) in [7, 11) is 2.00. The topological polar surface area (TPSA) is 35.5 Å². The molecule has 0 saturated heterocycles. The van der Waals surface area contributed by atoms with Crippen molar-refractivity contribution in [1.82, 2.24) is 5.32 Å². The van der Waals surface area contributed by atoms with Gasteiger partial charge in [-0.05, 0) is 51.1 Å². The summed E-state index contributed by atoms with van der Waals surface area (Å²) >= 11 is 0. The van der Waals surface area contributed by atoms with E-state index < -0.39 is 0 Å². The summed E-state index contributed by atoms with van der Waals surface area (Å²) < 4.78 is 0. The molecule has 94 valence electrons. The Morgan fingerprint density at radius 2 is 2.29 bits per heavy atom. The molecule has 17 heavy (non-hydrogen) atoms. The molecule has 1 aromatic rings. The second kappa shape index (κ2) is 4.96. The molecule has 1 aliphatic rings. The highest BCUT2D eigenvalue weighted by Crippen LogP contribution is 2.40. The number of phenols is 1. The van der Waals surface area contributed by atoms with Gasteiger partial charge in [0.2, 0.25) is 0 Å². The van der Waals surface area contributed by atoms with Crippen LogP contribution >= 0.6 is 0 Å². The first-order chi connectivity index (χ1) is 8.15. The molecule has 0 fully saturated rings. The molecule has 3 heteroatoms. The lowest BCUT2D eigenvalue weighted by atomic mass is 9.94. The highest BCUT2D eigenvalue weighted by Gasteiger charge is 2.28. The van der Waals surface area contributed by atoms with Crippen LogP contribution in [0, 0.1) is 0 Å². The number of anilines is 1. The fourth-order valence-corrected chi connectivity index (χ4v) is 2.67. The molecule has 2 unspecified atom stereocenters. The predicted octanol–water partition coefficient (Wildman–Crippen LogP) is 2.31. The monoisotopic (exact) mass is 234 g/mol. The molecule has 1 aliphatic heterocycles. The maximum Gasteiger partial charge on any atom is 0.116 e. The number of fused-ring (bicyclic) bond motifs is 1. The summed E-state index contributed by atoms with van der Waals surface area (Å²) in [6.07, 6.45) is 1.11. The molecule has 0 amide bonds. The van der Waals surface area contributed by atoms with Crippen molar-refractivity contribution in [3.8, 4) is 5.75 Å². The number of likely N-dealkylation sites (N-methyl/N-ethyl adjacent to an activating group) is 1. The van der Waals surface area contributed by atoms with Gasteiger partial charge in [-0.3, -0.25) is 0 Å². The van der Waals surface area contributed by atoms with Crippen LogP contribution < -0.4 is 10.2 Å². The van der Waals surface area contributed by atoms with Gasteiger partial charge < -0.3 is 15.3 Å². The van der Waals surface area contributed by atoms with Crippen molar-refractivity contribution in [3.63, 3.8) is 0 Å². The first kappa shape index (κ1) is 12.2. The average Bonchev–Trinajstić information content (AvgIpc) is 2.66. The lowest BCUT2D eigenvalue weighted by Crippen LogP contribution is -2.26. The summed E-state index contributed by atoms with van der Waals surface area (Å²) in [5, 5.41) is 12.9. The van der Waals surface area contributed by atoms with Gasteiger partial charge in [0.05, 0.1) is 0 Å². The van der Waals surface area contributed by atoms with E-state index in [-0.39, 0.29) is 0 Å². The summed E-state index contributed by atoms with van der Waals surface area (Å²) in [5.41, 5.74) is 2.59. The molecule has 0 bridgehead atoms. The Bertz CT molecular complexity index is 390. The lowest BCUT2D eigenvalue weighted by molar-refractivity contribution is 0.471. The van der Waals surface area contributed by atoms with Crippen LogP contribution in [0.5, 0.6) is 5.75 Å². The van der Waals surface area contributed by atoms with Crippen LogP contribution in [0.4, 0.5) is 5.69 Å². The molecule has 2 atom stereocenters. The molecule has 2 rings (SSSR count). The molecule has 0 aromatic heterocycles. The number of benzene rings is 1. The zero-order valence-electron chi connectivity index (χ0n) is 10.9. The second-order valence-corrected chi connectivity index (χ2v) is 4.90. The van der Waals surface area contributed by atoms with Crippen molar-refractivity contribution in [2.45, 2.75) is 32.2 Å². The Balaban J connectivity index is 2.25. The number of phenolic OH excluding ortho intramolecular Hbond substituents is 1. The van der Waals surface area contributed by atoms with Crippen LogP contribution in [0.15, 0.2) is 18.2 Å². The molecule has 0 aliphatic carbocycles. The van der Waals surface area contributed by atoms with Gasteiger partial charge in [-0.1, -0.05) is 0 Å². The normalized spacial score (nSPS) is 20.4. The molecular weight excluding hydrogens is 212 g/mol. The van der Waals surface area contributed by atoms with Crippen LogP contribution in [0.3, 0.4) is 0 Å². The Morgan fingerprint density at radius 1 is 1.53 bits per heavy atom. The minimum atomic E-state index is 0.379. The van der Waals surface area contributed by atoms with E-state index in [1.165, 1.54) is 11.3 Å². The quantitative estimate of drug-likeness (QED) is 0.839. The van der Waals surface area contributed by atoms with E-state index >= 15 is 0 Å². The van der Waals surface area contributed by atoms with E-state index in [2.05, 4.69) is 24.1 Å². The summed E-state index contributed by atoms with van der Waals surface area (Å²) in [6.45, 7) is 6.49. The highest BCUT2D eigenvalue weighted by atomic mass is 16.3. The van der Waals surface area contributed by atoms with Gasteiger partial charge in [-0.2, -0.15) is 0 Å². The highest BCUT2D eigenvalue weighted by molar-refractivity contribution is 5.62. The predicted molar refractivity (Wildman–Crippen MR) is 71.9 cm³/mol. The van der Waals surface area contributed by atoms with E-state index in [1.807, 2.05) is 19.2 Å². The molecule has 0 radical (unpaired) electrons. The van der Waals surface area contributed by atoms with E-state index in [9.17, 15) is 5.11 Å². The van der Waals surface area contributed by atoms with Crippen LogP contribution in [-0.4, -0.2) is 31.3 Å². The van der Waals surface area contributed by atoms with E-state index in [4.69, 9.17) is 0 Å². The summed E-state index contributed by atoms with van der Waals surface area (Å²) in [4.78, 5) is 2.39. The third-order valence-electron chi connectivity index (χ3n) is 3.74. The van der Waals surface area contributed by atoms with E-state index in [0.29, 0.717) is 17.7 Å². The molecule has 1 aromatic carbocycles. The smallest absolute Gasteiger partial charge is 0.116 e. The van der Waals surface area contributed by atoms with Gasteiger partial charge in [0, 0.05) is 30.7 Å². The second-order valence-electron chi connectivity index (χ2n) is 4.90. The van der Waals surface area contributed by atoms with Crippen LogP contribution in [0.25, 0.3) is 0 Å². The van der Waals surface area contributed by atoms with Gasteiger partial charge >= 0.3 is 0 Å². The third kappa shape index (κ3) is 2.39. The zero-order valence-corrected chi connectivity index (χ0v) is 10.9. The van der Waals surface area contributed by atoms with Crippen molar-refractivity contribution < 1.29 is 5.11 Å². The number of nitrogens with one attached hydrogen (secondary N) is 1. The van der Waals surface area contributed by atoms with Gasteiger partial charge in [0.25, 0.3) is 0 Å². The van der Waals surface area contributed by atoms with Crippen molar-refractivity contribution in [3.05, 3.63) is 23.8 Å². The molecular formula is C14H22N2O. The molecule has 0 spiro atoms. The first-order valence-electron chi connectivity index (χ1n) is 6.40. The van der Waals surface area contributed by atoms with Crippen LogP contribution in [-0.2, 0) is 0 Å². The summed E-state index contributed by atoms with van der Waals surface area (Å²) in [5.74, 6) is 0.906. The van der Waals surface area contributed by atoms with Gasteiger partial charge in [0.1, 0.15) is 5.75 Å². The van der Waals surface area contributed by atoms with Gasteiger partial charge in [-0.15, -0.1) is 0 Å². The SMILES string of the molecule is CCN1CC(CC(C)NC)c2cc(O)ccc21. The van der Waals surface area contributed by atoms with Crippen molar-refractivity contribution >= 4 is 5.69 Å². The third-order valence-corrected chi connectivity index (χ3v) is 3.74. The van der Waals surface area contributed by atoms with Crippen molar-refractivity contribution in [2.24, 2.45) is 0 Å². The molecule has 3 nitrogen and oxygen atoms in total. The maximum atomic E-state index is 9.63. The van der Waals surface area contributed by atoms with Crippen molar-refractivity contribution in [2.75, 3.05) is 25.0 Å². The number of aromatic hydroxyl groups is 1. The standard InChI is InChI=1S/C14H22N2O/c1-4-16-9-11(7-10(2)15-3)13-8-12(17)5-6-14(13)16/h5-6,8,10-11,15,17H,4,7,9H2,1-3H3. The average molecular weight is 234 g/mol. The molecule has 1 heterocycles. The maximum absolute atomic E-state index is 9.63. The Labute approximate surface area is 103 Å². The first-order valence-corrected chi connectivity index (χ1v) is 6.40. The van der Waals surface area contributed by atoms with Crippen LogP contribution in [0.1, 0.15) is 31.7 Å². The minimum Gasteiger partial charge on any atom is -0.508 e. The van der Waals surface area contributed by atoms with Crippen molar-refractivity contribution in [1.29, 1.82) is 0 Å². The summed E-state index contributed by atoms with van der Waals surface area (Å²) in [6, 6.07) is 6.26. The largest absolute Gasteiger partial charge is 0.508 e. The fraction of sp³-hybridized carbons (Fsp3) is 0.571. The van der Waals surface area contributed by atoms with Crippen LogP contribution in [0.2, 0.25) is 0 Å². The number of hydrogen-bond donors (Lipinski definition) is 2. The number of hydrogen-bond acceptors (Lipinski definition) is 3. The minimum absolute atomic E-state index is 0.379. The zero-order chi connectivity index (χ0) is 12.4. The molecule has 0 saturated carbocycles. The lowest BCUT2D eigenvalue weighted by Gasteiger charge is -2.18. The van der Waals surface area contributed by atoms with E-state index in [0.717, 1.165) is 19.5 Å². The van der Waals surface area contributed by atoms with E-state index in [1.54, 1.807) is 6.07 Å². The van der Waals surface area contributed by atoms with Gasteiger partial charge in [0.15, 0.2) is 0 Å². The Kier molecular flexibility index (Phi) is 3.57.